The average molecular weight is 426 g/mol. The summed E-state index contributed by atoms with van der Waals surface area (Å²) < 4.78 is 1.64. The number of aryl methyl sites for hydroxylation is 1. The third-order valence-corrected chi connectivity index (χ3v) is 5.67. The molecule has 1 unspecified atom stereocenters. The lowest BCUT2D eigenvalue weighted by atomic mass is 10.1. The number of nitrogens with zero attached hydrogens (tertiary/aromatic N) is 3. The molecule has 30 heavy (non-hydrogen) atoms. The van der Waals surface area contributed by atoms with E-state index in [0.717, 1.165) is 12.8 Å². The molecule has 2 aromatic carbocycles. The molecule has 0 fully saturated rings. The minimum Gasteiger partial charge on any atom is -0.329 e. The Labute approximate surface area is 182 Å². The van der Waals surface area contributed by atoms with E-state index in [-0.39, 0.29) is 17.5 Å². The van der Waals surface area contributed by atoms with E-state index < -0.39 is 0 Å². The molecular formula is C24H28ClN3O2. The lowest BCUT2D eigenvalue weighted by Gasteiger charge is -2.30. The van der Waals surface area contributed by atoms with Gasteiger partial charge in [0.25, 0.3) is 11.5 Å². The van der Waals surface area contributed by atoms with E-state index in [1.54, 1.807) is 27.7 Å². The molecule has 0 spiro atoms. The number of rotatable bonds is 7. The van der Waals surface area contributed by atoms with Gasteiger partial charge in [0.05, 0.1) is 16.9 Å². The normalized spacial score (nSPS) is 12.2. The van der Waals surface area contributed by atoms with Gasteiger partial charge in [-0.1, -0.05) is 37.6 Å². The second-order valence-corrected chi connectivity index (χ2v) is 7.84. The van der Waals surface area contributed by atoms with Crippen LogP contribution in [0.1, 0.15) is 61.9 Å². The molecule has 0 aliphatic carbocycles. The topological polar surface area (TPSA) is 55.2 Å². The van der Waals surface area contributed by atoms with Gasteiger partial charge in [0.15, 0.2) is 0 Å². The van der Waals surface area contributed by atoms with E-state index in [1.165, 1.54) is 5.56 Å². The van der Waals surface area contributed by atoms with Crippen LogP contribution in [0.3, 0.4) is 0 Å². The molecule has 1 amide bonds. The molecule has 0 bridgehead atoms. The lowest BCUT2D eigenvalue weighted by molar-refractivity contribution is 0.0679. The standard InChI is InChI=1S/C24H28ClN3O2/c1-5-14-28(23(29)18-10-8-17(6-2)9-11-18)16(4)22-26-21-13-12-19(25)15-20(21)24(30)27(22)7-3/h8-13,15-16H,5-7,14H2,1-4H3. The molecule has 6 heteroatoms. The van der Waals surface area contributed by atoms with Crippen molar-refractivity contribution < 1.29 is 4.79 Å². The molecule has 0 saturated carbocycles. The Kier molecular flexibility index (Phi) is 6.93. The zero-order chi connectivity index (χ0) is 21.8. The van der Waals surface area contributed by atoms with Crippen LogP contribution in [0.2, 0.25) is 5.02 Å². The maximum Gasteiger partial charge on any atom is 0.261 e. The first-order chi connectivity index (χ1) is 14.4. The van der Waals surface area contributed by atoms with Crippen LogP contribution in [0, 0.1) is 0 Å². The van der Waals surface area contributed by atoms with E-state index in [2.05, 4.69) is 6.92 Å². The number of fused-ring (bicyclic) bond motifs is 1. The summed E-state index contributed by atoms with van der Waals surface area (Å²) in [4.78, 5) is 33.0. The number of amides is 1. The third-order valence-electron chi connectivity index (χ3n) is 5.44. The molecular weight excluding hydrogens is 398 g/mol. The fourth-order valence-electron chi connectivity index (χ4n) is 3.74. The number of hydrogen-bond donors (Lipinski definition) is 0. The van der Waals surface area contributed by atoms with Crippen LogP contribution < -0.4 is 5.56 Å². The molecule has 0 radical (unpaired) electrons. The van der Waals surface area contributed by atoms with Gasteiger partial charge in [-0.3, -0.25) is 14.2 Å². The summed E-state index contributed by atoms with van der Waals surface area (Å²) in [5.41, 5.74) is 2.29. The smallest absolute Gasteiger partial charge is 0.261 e. The zero-order valence-electron chi connectivity index (χ0n) is 18.0. The van der Waals surface area contributed by atoms with Crippen LogP contribution in [0.4, 0.5) is 0 Å². The Balaban J connectivity index is 2.07. The number of hydrogen-bond acceptors (Lipinski definition) is 3. The molecule has 3 aromatic rings. The highest BCUT2D eigenvalue weighted by molar-refractivity contribution is 6.31. The molecule has 1 atom stereocenters. The van der Waals surface area contributed by atoms with Crippen molar-refractivity contribution in [2.45, 2.75) is 53.1 Å². The SMILES string of the molecule is CCCN(C(=O)c1ccc(CC)cc1)C(C)c1nc2ccc(Cl)cc2c(=O)n1CC. The Morgan fingerprint density at radius 3 is 2.43 bits per heavy atom. The van der Waals surface area contributed by atoms with Crippen molar-refractivity contribution in [3.63, 3.8) is 0 Å². The van der Waals surface area contributed by atoms with Crippen molar-refractivity contribution in [3.05, 3.63) is 74.8 Å². The lowest BCUT2D eigenvalue weighted by Crippen LogP contribution is -2.38. The van der Waals surface area contributed by atoms with Gasteiger partial charge in [-0.25, -0.2) is 4.98 Å². The fraction of sp³-hybridized carbons (Fsp3) is 0.375. The van der Waals surface area contributed by atoms with Crippen LogP contribution in [0.5, 0.6) is 0 Å². The van der Waals surface area contributed by atoms with Gasteiger partial charge in [0, 0.05) is 23.7 Å². The average Bonchev–Trinajstić information content (AvgIpc) is 2.77. The summed E-state index contributed by atoms with van der Waals surface area (Å²) in [6.45, 7) is 9.01. The molecule has 1 heterocycles. The van der Waals surface area contributed by atoms with Gasteiger partial charge in [-0.05, 0) is 62.6 Å². The Hall–Kier alpha value is -2.66. The van der Waals surface area contributed by atoms with E-state index in [9.17, 15) is 9.59 Å². The third kappa shape index (κ3) is 4.26. The fourth-order valence-corrected chi connectivity index (χ4v) is 3.91. The van der Waals surface area contributed by atoms with Gasteiger partial charge < -0.3 is 4.90 Å². The van der Waals surface area contributed by atoms with E-state index >= 15 is 0 Å². The van der Waals surface area contributed by atoms with Crippen molar-refractivity contribution in [2.24, 2.45) is 0 Å². The van der Waals surface area contributed by atoms with Gasteiger partial charge in [-0.15, -0.1) is 0 Å². The number of halogens is 1. The van der Waals surface area contributed by atoms with Crippen LogP contribution in [0.15, 0.2) is 47.3 Å². The number of carbonyl (C=O) groups is 1. The van der Waals surface area contributed by atoms with Crippen molar-refractivity contribution in [3.8, 4) is 0 Å². The molecule has 0 aliphatic heterocycles. The second-order valence-electron chi connectivity index (χ2n) is 7.41. The number of aromatic nitrogens is 2. The van der Waals surface area contributed by atoms with Gasteiger partial charge in [0.1, 0.15) is 5.82 Å². The molecule has 5 nitrogen and oxygen atoms in total. The van der Waals surface area contributed by atoms with Crippen LogP contribution in [0.25, 0.3) is 10.9 Å². The Morgan fingerprint density at radius 2 is 1.83 bits per heavy atom. The molecule has 0 N–H and O–H groups in total. The molecule has 158 valence electrons. The predicted octanol–water partition coefficient (Wildman–Crippen LogP) is 5.25. The number of carbonyl (C=O) groups excluding carboxylic acids is 1. The van der Waals surface area contributed by atoms with Crippen LogP contribution in [-0.4, -0.2) is 26.9 Å². The van der Waals surface area contributed by atoms with Crippen molar-refractivity contribution >= 4 is 28.4 Å². The minimum atomic E-state index is -0.351. The van der Waals surface area contributed by atoms with Crippen LogP contribution >= 0.6 is 11.6 Å². The minimum absolute atomic E-state index is 0.0555. The summed E-state index contributed by atoms with van der Waals surface area (Å²) in [6, 6.07) is 12.5. The largest absolute Gasteiger partial charge is 0.329 e. The summed E-state index contributed by atoms with van der Waals surface area (Å²) in [5.74, 6) is 0.532. The van der Waals surface area contributed by atoms with Crippen LogP contribution in [-0.2, 0) is 13.0 Å². The van der Waals surface area contributed by atoms with Crippen molar-refractivity contribution in [1.82, 2.24) is 14.5 Å². The first-order valence-electron chi connectivity index (χ1n) is 10.5. The summed E-state index contributed by atoms with van der Waals surface area (Å²) in [5, 5.41) is 0.993. The van der Waals surface area contributed by atoms with E-state index in [4.69, 9.17) is 16.6 Å². The van der Waals surface area contributed by atoms with Crippen molar-refractivity contribution in [2.75, 3.05) is 6.54 Å². The second kappa shape index (κ2) is 9.43. The Bertz CT molecular complexity index is 1110. The first kappa shape index (κ1) is 22.0. The van der Waals surface area contributed by atoms with Gasteiger partial charge in [-0.2, -0.15) is 0 Å². The number of benzene rings is 2. The van der Waals surface area contributed by atoms with Gasteiger partial charge >= 0.3 is 0 Å². The molecule has 0 saturated heterocycles. The molecule has 3 rings (SSSR count). The highest BCUT2D eigenvalue weighted by Crippen LogP contribution is 2.24. The first-order valence-corrected chi connectivity index (χ1v) is 10.9. The molecule has 0 aliphatic rings. The Morgan fingerprint density at radius 1 is 1.13 bits per heavy atom. The monoisotopic (exact) mass is 425 g/mol. The van der Waals surface area contributed by atoms with Gasteiger partial charge in [0.2, 0.25) is 0 Å². The summed E-state index contributed by atoms with van der Waals surface area (Å²) >= 11 is 6.08. The van der Waals surface area contributed by atoms with Crippen molar-refractivity contribution in [1.29, 1.82) is 0 Å². The highest BCUT2D eigenvalue weighted by Gasteiger charge is 2.26. The predicted molar refractivity (Wildman–Crippen MR) is 122 cm³/mol. The van der Waals surface area contributed by atoms with E-state index in [1.807, 2.05) is 45.0 Å². The van der Waals surface area contributed by atoms with E-state index in [0.29, 0.717) is 40.4 Å². The quantitative estimate of drug-likeness (QED) is 0.519. The highest BCUT2D eigenvalue weighted by atomic mass is 35.5. The maximum atomic E-state index is 13.3. The summed E-state index contributed by atoms with van der Waals surface area (Å²) in [7, 11) is 0. The zero-order valence-corrected chi connectivity index (χ0v) is 18.7. The molecule has 1 aromatic heterocycles. The summed E-state index contributed by atoms with van der Waals surface area (Å²) in [6.07, 6.45) is 1.74. The maximum absolute atomic E-state index is 13.3.